The van der Waals surface area contributed by atoms with Crippen molar-refractivity contribution in [3.05, 3.63) is 28.2 Å². The summed E-state index contributed by atoms with van der Waals surface area (Å²) in [7, 11) is -0.782. The van der Waals surface area contributed by atoms with Crippen LogP contribution in [0.2, 0.25) is 0 Å². The number of sulfonamides is 1. The molecule has 1 aromatic carbocycles. The van der Waals surface area contributed by atoms with Gasteiger partial charge < -0.3 is 10.0 Å². The highest BCUT2D eigenvalue weighted by molar-refractivity contribution is 9.10. The number of hydrogen-bond acceptors (Lipinski definition) is 4. The lowest BCUT2D eigenvalue weighted by Crippen LogP contribution is -2.47. The Labute approximate surface area is 131 Å². The largest absolute Gasteiger partial charge is 0.387 e. The molecule has 0 radical (unpaired) electrons. The van der Waals surface area contributed by atoms with Gasteiger partial charge in [0.15, 0.2) is 0 Å². The molecule has 9 heteroatoms. The molecule has 0 fully saturated rings. The minimum absolute atomic E-state index is 0.211. The Morgan fingerprint density at radius 3 is 2.43 bits per heavy atom. The molecule has 120 valence electrons. The molecule has 0 saturated heterocycles. The van der Waals surface area contributed by atoms with Gasteiger partial charge in [0.25, 0.3) is 0 Å². The second-order valence-electron chi connectivity index (χ2n) is 5.26. The SMILES string of the molecule is CN(C)CC(C)(O)CNS(=O)(=O)c1c(F)cc(F)cc1Br. The first kappa shape index (κ1) is 18.4. The van der Waals surface area contributed by atoms with Gasteiger partial charge in [0.05, 0.1) is 5.60 Å². The minimum Gasteiger partial charge on any atom is -0.387 e. The van der Waals surface area contributed by atoms with Crippen LogP contribution in [-0.2, 0) is 10.0 Å². The molecule has 21 heavy (non-hydrogen) atoms. The lowest BCUT2D eigenvalue weighted by atomic mass is 10.1. The van der Waals surface area contributed by atoms with Crippen LogP contribution in [0.25, 0.3) is 0 Å². The highest BCUT2D eigenvalue weighted by atomic mass is 79.9. The van der Waals surface area contributed by atoms with Crippen molar-refractivity contribution in [1.82, 2.24) is 9.62 Å². The number of hydrogen-bond donors (Lipinski definition) is 2. The van der Waals surface area contributed by atoms with Crippen LogP contribution in [0.5, 0.6) is 0 Å². The Bertz CT molecular complexity index is 598. The Morgan fingerprint density at radius 1 is 1.38 bits per heavy atom. The summed E-state index contributed by atoms with van der Waals surface area (Å²) < 4.78 is 52.7. The molecular weight excluding hydrogens is 370 g/mol. The highest BCUT2D eigenvalue weighted by Gasteiger charge is 2.28. The van der Waals surface area contributed by atoms with E-state index in [4.69, 9.17) is 0 Å². The van der Waals surface area contributed by atoms with Gasteiger partial charge in [0.1, 0.15) is 16.5 Å². The van der Waals surface area contributed by atoms with Crippen molar-refractivity contribution in [3.63, 3.8) is 0 Å². The summed E-state index contributed by atoms with van der Waals surface area (Å²) in [5.41, 5.74) is -1.33. The maximum atomic E-state index is 13.7. The van der Waals surface area contributed by atoms with E-state index in [-0.39, 0.29) is 17.6 Å². The third-order valence-electron chi connectivity index (χ3n) is 2.53. The second-order valence-corrected chi connectivity index (χ2v) is 7.82. The number of nitrogens with zero attached hydrogens (tertiary/aromatic N) is 1. The van der Waals surface area contributed by atoms with Gasteiger partial charge in [0.2, 0.25) is 10.0 Å². The number of nitrogens with one attached hydrogen (secondary N) is 1. The molecule has 0 aliphatic heterocycles. The van der Waals surface area contributed by atoms with Crippen LogP contribution in [0.3, 0.4) is 0 Å². The zero-order valence-corrected chi connectivity index (χ0v) is 14.2. The Balaban J connectivity index is 2.98. The number of benzene rings is 1. The summed E-state index contributed by atoms with van der Waals surface area (Å²) in [4.78, 5) is 0.993. The van der Waals surface area contributed by atoms with Crippen LogP contribution < -0.4 is 4.72 Å². The highest BCUT2D eigenvalue weighted by Crippen LogP contribution is 2.26. The monoisotopic (exact) mass is 386 g/mol. The summed E-state index contributed by atoms with van der Waals surface area (Å²) in [6.07, 6.45) is 0. The van der Waals surface area contributed by atoms with E-state index in [1.165, 1.54) is 6.92 Å². The van der Waals surface area contributed by atoms with Crippen molar-refractivity contribution >= 4 is 26.0 Å². The first-order valence-corrected chi connectivity index (χ1v) is 8.23. The lowest BCUT2D eigenvalue weighted by Gasteiger charge is -2.27. The molecule has 0 amide bonds. The van der Waals surface area contributed by atoms with Crippen LogP contribution in [-0.4, -0.2) is 51.2 Å². The number of halogens is 3. The third-order valence-corrected chi connectivity index (χ3v) is 4.90. The fourth-order valence-electron chi connectivity index (χ4n) is 1.85. The molecule has 0 heterocycles. The Morgan fingerprint density at radius 2 is 1.95 bits per heavy atom. The van der Waals surface area contributed by atoms with E-state index in [9.17, 15) is 22.3 Å². The fourth-order valence-corrected chi connectivity index (χ4v) is 4.17. The molecule has 0 saturated carbocycles. The standard InChI is InChI=1S/C12H17BrF2N2O3S/c1-12(18,7-17(2)3)6-16-21(19,20)11-9(13)4-8(14)5-10(11)15/h4-5,16,18H,6-7H2,1-3H3. The fraction of sp³-hybridized carbons (Fsp3) is 0.500. The van der Waals surface area contributed by atoms with Crippen molar-refractivity contribution in [3.8, 4) is 0 Å². The molecule has 1 atom stereocenters. The molecule has 0 aromatic heterocycles. The first-order valence-electron chi connectivity index (χ1n) is 5.96. The summed E-state index contributed by atoms with van der Waals surface area (Å²) in [6, 6.07) is 1.34. The van der Waals surface area contributed by atoms with Crippen molar-refractivity contribution in [1.29, 1.82) is 0 Å². The van der Waals surface area contributed by atoms with Crippen molar-refractivity contribution < 1.29 is 22.3 Å². The molecule has 1 aromatic rings. The average Bonchev–Trinajstić information content (AvgIpc) is 2.23. The Kier molecular flexibility index (Phi) is 5.84. The quantitative estimate of drug-likeness (QED) is 0.773. The normalized spacial score (nSPS) is 15.2. The van der Waals surface area contributed by atoms with E-state index < -0.39 is 32.2 Å². The number of likely N-dealkylation sites (N-methyl/N-ethyl adjacent to an activating group) is 1. The molecule has 1 rings (SSSR count). The predicted molar refractivity (Wildman–Crippen MR) is 78.4 cm³/mol. The summed E-state index contributed by atoms with van der Waals surface area (Å²) in [5.74, 6) is -2.10. The number of rotatable bonds is 6. The Hall–Kier alpha value is -0.610. The van der Waals surface area contributed by atoms with Gasteiger partial charge in [-0.1, -0.05) is 0 Å². The lowest BCUT2D eigenvalue weighted by molar-refractivity contribution is 0.0386. The smallest absolute Gasteiger partial charge is 0.244 e. The van der Waals surface area contributed by atoms with Gasteiger partial charge in [-0.3, -0.25) is 0 Å². The molecule has 0 aliphatic carbocycles. The van der Waals surface area contributed by atoms with Gasteiger partial charge in [-0.05, 0) is 43.0 Å². The summed E-state index contributed by atoms with van der Waals surface area (Å²) in [5, 5.41) is 10.0. The zero-order valence-electron chi connectivity index (χ0n) is 11.8. The van der Waals surface area contributed by atoms with Crippen molar-refractivity contribution in [2.75, 3.05) is 27.2 Å². The van der Waals surface area contributed by atoms with Gasteiger partial charge >= 0.3 is 0 Å². The maximum absolute atomic E-state index is 13.7. The molecule has 0 bridgehead atoms. The molecule has 0 aliphatic rings. The van der Waals surface area contributed by atoms with E-state index in [1.54, 1.807) is 19.0 Å². The summed E-state index contributed by atoms with van der Waals surface area (Å²) >= 11 is 2.82. The number of aliphatic hydroxyl groups is 1. The molecule has 5 nitrogen and oxygen atoms in total. The average molecular weight is 387 g/mol. The van der Waals surface area contributed by atoms with Crippen LogP contribution in [0.15, 0.2) is 21.5 Å². The molecular formula is C12H17BrF2N2O3S. The van der Waals surface area contributed by atoms with Gasteiger partial charge in [-0.25, -0.2) is 21.9 Å². The van der Waals surface area contributed by atoms with Crippen molar-refractivity contribution in [2.24, 2.45) is 0 Å². The topological polar surface area (TPSA) is 69.6 Å². The van der Waals surface area contributed by atoms with Crippen LogP contribution in [0.1, 0.15) is 6.92 Å². The van der Waals surface area contributed by atoms with Gasteiger partial charge in [-0.15, -0.1) is 0 Å². The molecule has 1 unspecified atom stereocenters. The summed E-state index contributed by atoms with van der Waals surface area (Å²) in [6.45, 7) is 1.35. The van der Waals surface area contributed by atoms with E-state index in [1.807, 2.05) is 0 Å². The molecule has 2 N–H and O–H groups in total. The van der Waals surface area contributed by atoms with Crippen LogP contribution in [0.4, 0.5) is 8.78 Å². The van der Waals surface area contributed by atoms with E-state index in [0.717, 1.165) is 6.07 Å². The third kappa shape index (κ3) is 5.26. The van der Waals surface area contributed by atoms with Crippen LogP contribution >= 0.6 is 15.9 Å². The van der Waals surface area contributed by atoms with Crippen LogP contribution in [0, 0.1) is 11.6 Å². The van der Waals surface area contributed by atoms with Crippen molar-refractivity contribution in [2.45, 2.75) is 17.4 Å². The van der Waals surface area contributed by atoms with E-state index >= 15 is 0 Å². The van der Waals surface area contributed by atoms with E-state index in [0.29, 0.717) is 6.07 Å². The van der Waals surface area contributed by atoms with Gasteiger partial charge in [0, 0.05) is 23.6 Å². The minimum atomic E-state index is -4.22. The zero-order chi connectivity index (χ0) is 16.4. The second kappa shape index (κ2) is 6.66. The first-order chi connectivity index (χ1) is 9.44. The molecule has 0 spiro atoms. The predicted octanol–water partition coefficient (Wildman–Crippen LogP) is 1.32. The van der Waals surface area contributed by atoms with E-state index in [2.05, 4.69) is 20.7 Å². The van der Waals surface area contributed by atoms with Gasteiger partial charge in [-0.2, -0.15) is 0 Å². The maximum Gasteiger partial charge on any atom is 0.244 e.